The average Bonchev–Trinajstić information content (AvgIpc) is 3.46. The third-order valence-corrected chi connectivity index (χ3v) is 11.2. The van der Waals surface area contributed by atoms with Crippen LogP contribution in [0.3, 0.4) is 0 Å². The van der Waals surface area contributed by atoms with Crippen molar-refractivity contribution in [2.24, 2.45) is 28.6 Å². The number of fused-ring (bicyclic) bond motifs is 5. The first kappa shape index (κ1) is 23.4. The quantitative estimate of drug-likeness (QED) is 0.517. The fourth-order valence-electron chi connectivity index (χ4n) is 9.39. The molecular weight excluding hydrogens is 430 g/mol. The van der Waals surface area contributed by atoms with Crippen LogP contribution in [0.1, 0.15) is 90.0 Å². The van der Waals surface area contributed by atoms with Gasteiger partial charge in [0.1, 0.15) is 5.60 Å². The highest BCUT2D eigenvalue weighted by Crippen LogP contribution is 2.70. The average molecular weight is 472 g/mol. The van der Waals surface area contributed by atoms with E-state index >= 15 is 0 Å². The molecule has 1 aromatic carbocycles. The Kier molecular flexibility index (Phi) is 5.50. The molecule has 0 radical (unpaired) electrons. The third-order valence-electron chi connectivity index (χ3n) is 11.2. The van der Waals surface area contributed by atoms with Crippen molar-refractivity contribution >= 4 is 11.5 Å². The molecule has 1 aliphatic heterocycles. The SMILES string of the molecule is CC#C[C@]1(O)CC[C@H]2[C@@H]3CCC4=CC(=O)CC[C@]4(C)[C@H]3[C@@H](c3ccc(N4CCCC4)cc3)C[C@@]21C. The van der Waals surface area contributed by atoms with E-state index in [9.17, 15) is 9.90 Å². The number of hydrogen-bond acceptors (Lipinski definition) is 3. The Labute approximate surface area is 211 Å². The smallest absolute Gasteiger partial charge is 0.155 e. The maximum absolute atomic E-state index is 12.4. The lowest BCUT2D eigenvalue weighted by molar-refractivity contribution is -0.122. The van der Waals surface area contributed by atoms with Crippen molar-refractivity contribution < 1.29 is 9.90 Å². The number of aliphatic hydroxyl groups is 1. The monoisotopic (exact) mass is 471 g/mol. The van der Waals surface area contributed by atoms with Crippen LogP contribution in [0.2, 0.25) is 0 Å². The summed E-state index contributed by atoms with van der Waals surface area (Å²) in [6.07, 6.45) is 11.2. The van der Waals surface area contributed by atoms with E-state index in [1.54, 1.807) is 0 Å². The highest BCUT2D eigenvalue weighted by atomic mass is 16.3. The van der Waals surface area contributed by atoms with Gasteiger partial charge in [0.05, 0.1) is 0 Å². The summed E-state index contributed by atoms with van der Waals surface area (Å²) in [6, 6.07) is 9.44. The van der Waals surface area contributed by atoms with E-state index in [1.165, 1.54) is 29.7 Å². The molecule has 35 heavy (non-hydrogen) atoms. The largest absolute Gasteiger partial charge is 0.377 e. The molecule has 4 fully saturated rings. The van der Waals surface area contributed by atoms with Gasteiger partial charge in [-0.05, 0) is 111 Å². The molecule has 3 saturated carbocycles. The first-order chi connectivity index (χ1) is 16.8. The number of allylic oxidation sites excluding steroid dienone is 1. The second kappa shape index (κ2) is 8.24. The number of nitrogens with zero attached hydrogens (tertiary/aromatic N) is 1. The highest BCUT2D eigenvalue weighted by Gasteiger charge is 2.66. The van der Waals surface area contributed by atoms with Crippen LogP contribution in [0.15, 0.2) is 35.9 Å². The molecule has 3 heteroatoms. The van der Waals surface area contributed by atoms with Gasteiger partial charge in [-0.25, -0.2) is 0 Å². The van der Waals surface area contributed by atoms with Crippen LogP contribution < -0.4 is 4.90 Å². The minimum Gasteiger partial charge on any atom is -0.377 e. The maximum Gasteiger partial charge on any atom is 0.155 e. The van der Waals surface area contributed by atoms with E-state index in [2.05, 4.69) is 54.9 Å². The first-order valence-corrected chi connectivity index (χ1v) is 14.0. The summed E-state index contributed by atoms with van der Waals surface area (Å²) in [5.74, 6) is 8.64. The second-order valence-corrected chi connectivity index (χ2v) is 12.7. The van der Waals surface area contributed by atoms with Gasteiger partial charge < -0.3 is 10.0 Å². The lowest BCUT2D eigenvalue weighted by Crippen LogP contribution is -2.57. The molecule has 1 aromatic rings. The topological polar surface area (TPSA) is 40.5 Å². The zero-order valence-electron chi connectivity index (χ0n) is 21.8. The molecule has 1 N–H and O–H groups in total. The van der Waals surface area contributed by atoms with Crippen LogP contribution in [-0.4, -0.2) is 29.6 Å². The fourth-order valence-corrected chi connectivity index (χ4v) is 9.39. The fraction of sp³-hybridized carbons (Fsp3) is 0.656. The summed E-state index contributed by atoms with van der Waals surface area (Å²) in [5.41, 5.74) is 3.14. The van der Waals surface area contributed by atoms with Gasteiger partial charge in [0.15, 0.2) is 5.78 Å². The molecule has 5 aliphatic rings. The number of rotatable bonds is 2. The van der Waals surface area contributed by atoms with Gasteiger partial charge in [-0.15, -0.1) is 5.92 Å². The summed E-state index contributed by atoms with van der Waals surface area (Å²) >= 11 is 0. The van der Waals surface area contributed by atoms with Crippen molar-refractivity contribution in [2.45, 2.75) is 90.1 Å². The van der Waals surface area contributed by atoms with E-state index in [-0.39, 0.29) is 10.8 Å². The van der Waals surface area contributed by atoms with E-state index in [0.717, 1.165) is 51.6 Å². The van der Waals surface area contributed by atoms with Gasteiger partial charge in [0.2, 0.25) is 0 Å². The number of carbonyl (C=O) groups excluding carboxylic acids is 1. The maximum atomic E-state index is 12.4. The molecule has 0 amide bonds. The molecule has 1 saturated heterocycles. The predicted molar refractivity (Wildman–Crippen MR) is 141 cm³/mol. The van der Waals surface area contributed by atoms with E-state index in [1.807, 2.05) is 13.0 Å². The Morgan fingerprint density at radius 3 is 2.49 bits per heavy atom. The van der Waals surface area contributed by atoms with Crippen molar-refractivity contribution in [3.05, 3.63) is 41.5 Å². The Bertz CT molecular complexity index is 1100. The Morgan fingerprint density at radius 1 is 1.03 bits per heavy atom. The van der Waals surface area contributed by atoms with Gasteiger partial charge >= 0.3 is 0 Å². The number of ketones is 1. The van der Waals surface area contributed by atoms with Gasteiger partial charge in [0, 0.05) is 30.6 Å². The number of hydrogen-bond donors (Lipinski definition) is 1. The summed E-state index contributed by atoms with van der Waals surface area (Å²) in [6.45, 7) is 9.00. The van der Waals surface area contributed by atoms with Crippen LogP contribution in [0.5, 0.6) is 0 Å². The van der Waals surface area contributed by atoms with Gasteiger partial charge in [-0.3, -0.25) is 4.79 Å². The molecule has 4 aliphatic carbocycles. The second-order valence-electron chi connectivity index (χ2n) is 12.7. The normalized spacial score (nSPS) is 42.5. The van der Waals surface area contributed by atoms with Gasteiger partial charge in [-0.1, -0.05) is 37.5 Å². The van der Waals surface area contributed by atoms with Crippen LogP contribution in [0.25, 0.3) is 0 Å². The number of carbonyl (C=O) groups is 1. The Balaban J connectivity index is 1.44. The molecule has 0 aromatic heterocycles. The number of benzene rings is 1. The highest BCUT2D eigenvalue weighted by molar-refractivity contribution is 5.91. The summed E-state index contributed by atoms with van der Waals surface area (Å²) in [5, 5.41) is 11.9. The summed E-state index contributed by atoms with van der Waals surface area (Å²) < 4.78 is 0. The van der Waals surface area contributed by atoms with Gasteiger partial charge in [-0.2, -0.15) is 0 Å². The van der Waals surface area contributed by atoms with Crippen LogP contribution >= 0.6 is 0 Å². The van der Waals surface area contributed by atoms with Crippen molar-refractivity contribution in [3.8, 4) is 11.8 Å². The van der Waals surface area contributed by atoms with Crippen molar-refractivity contribution in [1.29, 1.82) is 0 Å². The lowest BCUT2D eigenvalue weighted by atomic mass is 9.43. The van der Waals surface area contributed by atoms with E-state index < -0.39 is 5.60 Å². The predicted octanol–water partition coefficient (Wildman–Crippen LogP) is 6.27. The minimum atomic E-state index is -0.898. The zero-order valence-corrected chi connectivity index (χ0v) is 21.8. The Hall–Kier alpha value is -2.05. The summed E-state index contributed by atoms with van der Waals surface area (Å²) in [4.78, 5) is 14.9. The minimum absolute atomic E-state index is 0.0770. The molecule has 186 valence electrons. The van der Waals surface area contributed by atoms with Crippen LogP contribution in [0, 0.1) is 40.4 Å². The molecule has 3 nitrogen and oxygen atoms in total. The molecule has 0 spiro atoms. The molecular formula is C32H41NO2. The van der Waals surface area contributed by atoms with E-state index in [0.29, 0.717) is 35.9 Å². The van der Waals surface area contributed by atoms with Crippen LogP contribution in [0.4, 0.5) is 5.69 Å². The Morgan fingerprint density at radius 2 is 1.77 bits per heavy atom. The molecule has 6 rings (SSSR count). The number of anilines is 1. The first-order valence-electron chi connectivity index (χ1n) is 14.0. The zero-order chi connectivity index (χ0) is 24.4. The van der Waals surface area contributed by atoms with Crippen LogP contribution in [-0.2, 0) is 4.79 Å². The van der Waals surface area contributed by atoms with Crippen molar-refractivity contribution in [2.75, 3.05) is 18.0 Å². The standard InChI is InChI=1S/C32H41NO2/c1-4-15-32(35)17-14-28-26-12-9-23-20-25(34)13-16-30(23,2)29(26)27(21-31(28,32)3)22-7-10-24(11-8-22)33-18-5-6-19-33/h7-8,10-11,20,26-29,35H,5-6,9,12-14,16-19,21H2,1-3H3/t26-,27+,28-,29+,30-,31-,32-/m0/s1. The van der Waals surface area contributed by atoms with Crippen molar-refractivity contribution in [3.63, 3.8) is 0 Å². The van der Waals surface area contributed by atoms with Gasteiger partial charge in [0.25, 0.3) is 0 Å². The third kappa shape index (κ3) is 3.39. The lowest BCUT2D eigenvalue weighted by Gasteiger charge is -2.61. The molecule has 1 heterocycles. The van der Waals surface area contributed by atoms with Crippen molar-refractivity contribution in [1.82, 2.24) is 0 Å². The molecule has 0 unspecified atom stereocenters. The molecule has 7 atom stereocenters. The molecule has 0 bridgehead atoms. The summed E-state index contributed by atoms with van der Waals surface area (Å²) in [7, 11) is 0. The van der Waals surface area contributed by atoms with E-state index in [4.69, 9.17) is 0 Å².